The first-order valence-electron chi connectivity index (χ1n) is 10.9. The lowest BCUT2D eigenvalue weighted by Crippen LogP contribution is -2.29. The van der Waals surface area contributed by atoms with E-state index in [9.17, 15) is 9.59 Å². The third kappa shape index (κ3) is 9.37. The van der Waals surface area contributed by atoms with Gasteiger partial charge in [-0.1, -0.05) is 109 Å². The predicted octanol–water partition coefficient (Wildman–Crippen LogP) is 6.07. The van der Waals surface area contributed by atoms with E-state index in [-0.39, 0.29) is 0 Å². The molecule has 0 aliphatic carbocycles. The van der Waals surface area contributed by atoms with Crippen molar-refractivity contribution in [3.63, 3.8) is 0 Å². The molecule has 10 heteroatoms. The first kappa shape index (κ1) is 30.6. The minimum Gasteiger partial charge on any atom is -0.423 e. The average Bonchev–Trinajstić information content (AvgIpc) is 2.95. The highest BCUT2D eigenvalue weighted by Gasteiger charge is 2.09. The zero-order valence-corrected chi connectivity index (χ0v) is 22.2. The molecule has 0 aliphatic rings. The van der Waals surface area contributed by atoms with Gasteiger partial charge >= 0.3 is 7.12 Å². The minimum atomic E-state index is -1.46. The second-order valence-corrected chi connectivity index (χ2v) is 8.62. The number of aldehydes is 2. The molecule has 4 rings (SSSR count). The molecule has 38 heavy (non-hydrogen) atoms. The molecule has 2 N–H and O–H groups in total. The summed E-state index contributed by atoms with van der Waals surface area (Å²) in [5.41, 5.74) is 4.88. The van der Waals surface area contributed by atoms with Gasteiger partial charge in [-0.2, -0.15) is 0 Å². The van der Waals surface area contributed by atoms with Crippen molar-refractivity contribution in [2.45, 2.75) is 0 Å². The molecule has 0 saturated carbocycles. The number of carbonyl (C=O) groups excluding carboxylic acids is 2. The molecule has 0 fully saturated rings. The molecule has 6 nitrogen and oxygen atoms in total. The van der Waals surface area contributed by atoms with Gasteiger partial charge in [-0.15, -0.1) is 0 Å². The third-order valence-electron chi connectivity index (χ3n) is 4.84. The van der Waals surface area contributed by atoms with Gasteiger partial charge in [0.25, 0.3) is 0 Å². The summed E-state index contributed by atoms with van der Waals surface area (Å²) in [5.74, 6) is 0. The number of benzene rings is 2. The van der Waals surface area contributed by atoms with Gasteiger partial charge in [0, 0.05) is 29.1 Å². The van der Waals surface area contributed by atoms with Crippen LogP contribution in [0.3, 0.4) is 0 Å². The summed E-state index contributed by atoms with van der Waals surface area (Å²) in [4.78, 5) is 28.8. The van der Waals surface area contributed by atoms with Gasteiger partial charge in [0.15, 0.2) is 0 Å². The lowest BCUT2D eigenvalue weighted by molar-refractivity contribution is 0.111. The molecule has 0 aliphatic heterocycles. The molecule has 2 aromatic carbocycles. The van der Waals surface area contributed by atoms with E-state index in [0.29, 0.717) is 43.8 Å². The molecule has 0 radical (unpaired) electrons. The van der Waals surface area contributed by atoms with E-state index < -0.39 is 7.12 Å². The van der Waals surface area contributed by atoms with Crippen LogP contribution in [0.25, 0.3) is 23.4 Å². The van der Waals surface area contributed by atoms with E-state index in [1.54, 1.807) is 42.7 Å². The Labute approximate surface area is 236 Å². The topological polar surface area (TPSA) is 100 Å². The highest BCUT2D eigenvalue weighted by atomic mass is 35.5. The Hall–Kier alpha value is -3.59. The number of hydrogen-bond donors (Lipinski definition) is 2. The van der Waals surface area contributed by atoms with Crippen LogP contribution in [0.15, 0.2) is 86.2 Å². The summed E-state index contributed by atoms with van der Waals surface area (Å²) >= 11 is 17.3. The van der Waals surface area contributed by atoms with Crippen molar-refractivity contribution in [3.8, 4) is 11.3 Å². The molecule has 4 aromatic rings. The minimum absolute atomic E-state index is 0.326. The smallest absolute Gasteiger partial charge is 0.423 e. The van der Waals surface area contributed by atoms with Crippen LogP contribution in [-0.4, -0.2) is 39.7 Å². The van der Waals surface area contributed by atoms with Crippen molar-refractivity contribution < 1.29 is 19.6 Å². The fraction of sp³-hybridized carbons (Fsp3) is 0. The van der Waals surface area contributed by atoms with Crippen molar-refractivity contribution in [2.75, 3.05) is 0 Å². The highest BCUT2D eigenvalue weighted by Crippen LogP contribution is 2.26. The molecule has 0 spiro atoms. The third-order valence-corrected chi connectivity index (χ3v) is 5.82. The maximum absolute atomic E-state index is 10.6. The van der Waals surface area contributed by atoms with E-state index in [4.69, 9.17) is 44.9 Å². The number of nitrogens with zero attached hydrogens (tertiary/aromatic N) is 2. The Balaban J connectivity index is 0.000000211. The standard InChI is InChI=1S/C14H10ClNO.C7H7BO3.C7H5Cl2N/c1-2-10-7-13(15)14(16-8-10)12-5-3-11(9-17)4-6-12;9-5-6-1-3-7(4-2-6)8(10)11;1-2-5-3-6(8)7(9)10-4-5/h2-9H,1H2;1-5,10-11H;2-4H,1H2. The van der Waals surface area contributed by atoms with E-state index in [1.807, 2.05) is 18.2 Å². The monoisotopic (exact) mass is 566 g/mol. The fourth-order valence-corrected chi connectivity index (χ4v) is 3.35. The molecule has 0 unspecified atom stereocenters. The van der Waals surface area contributed by atoms with E-state index in [0.717, 1.165) is 23.0 Å². The van der Waals surface area contributed by atoms with E-state index in [1.165, 1.54) is 24.3 Å². The highest BCUT2D eigenvalue weighted by molar-refractivity contribution is 6.58. The molecular formula is C28H22BCl3N2O4. The van der Waals surface area contributed by atoms with Gasteiger partial charge < -0.3 is 10.0 Å². The van der Waals surface area contributed by atoms with Gasteiger partial charge in [0.1, 0.15) is 17.7 Å². The normalized spacial score (nSPS) is 9.61. The zero-order valence-electron chi connectivity index (χ0n) is 20.0. The van der Waals surface area contributed by atoms with Crippen molar-refractivity contribution >= 4 is 72.1 Å². The first-order valence-corrected chi connectivity index (χ1v) is 12.0. The number of pyridine rings is 2. The SMILES string of the molecule is C=Cc1cnc(-c2ccc(C=O)cc2)c(Cl)c1.C=Cc1cnc(Cl)c(Cl)c1.O=Cc1ccc(B(O)O)cc1. The number of aromatic nitrogens is 2. The number of halogens is 3. The van der Waals surface area contributed by atoms with Crippen LogP contribution in [-0.2, 0) is 0 Å². The summed E-state index contributed by atoms with van der Waals surface area (Å²) in [7, 11) is -1.46. The number of hydrogen-bond acceptors (Lipinski definition) is 6. The quantitative estimate of drug-likeness (QED) is 0.167. The fourth-order valence-electron chi connectivity index (χ4n) is 2.79. The number of carbonyl (C=O) groups is 2. The van der Waals surface area contributed by atoms with Crippen LogP contribution < -0.4 is 5.46 Å². The van der Waals surface area contributed by atoms with Crippen molar-refractivity contribution in [3.05, 3.63) is 124 Å². The molecule has 0 saturated heterocycles. The second kappa shape index (κ2) is 15.6. The first-order chi connectivity index (χ1) is 18.2. The Kier molecular flexibility index (Phi) is 12.6. The van der Waals surface area contributed by atoms with Gasteiger partial charge in [0.2, 0.25) is 0 Å². The lowest BCUT2D eigenvalue weighted by Gasteiger charge is -2.04. The summed E-state index contributed by atoms with van der Waals surface area (Å²) in [6.07, 6.45) is 8.18. The lowest BCUT2D eigenvalue weighted by atomic mass is 9.80. The summed E-state index contributed by atoms with van der Waals surface area (Å²) < 4.78 is 0. The van der Waals surface area contributed by atoms with Crippen LogP contribution in [0.4, 0.5) is 0 Å². The molecule has 0 atom stereocenters. The van der Waals surface area contributed by atoms with Crippen LogP contribution in [0.1, 0.15) is 31.8 Å². The van der Waals surface area contributed by atoms with Crippen LogP contribution >= 0.6 is 34.8 Å². The predicted molar refractivity (Wildman–Crippen MR) is 156 cm³/mol. The van der Waals surface area contributed by atoms with Crippen LogP contribution in [0.5, 0.6) is 0 Å². The van der Waals surface area contributed by atoms with Gasteiger partial charge in [-0.05, 0) is 28.7 Å². The molecule has 2 heterocycles. The molecule has 192 valence electrons. The van der Waals surface area contributed by atoms with E-state index >= 15 is 0 Å². The van der Waals surface area contributed by atoms with Gasteiger partial charge in [0.05, 0.1) is 15.7 Å². The Bertz CT molecular complexity index is 1400. The Morgan fingerprint density at radius 2 is 1.16 bits per heavy atom. The number of rotatable bonds is 6. The maximum Gasteiger partial charge on any atom is 0.488 e. The molecule has 2 aromatic heterocycles. The van der Waals surface area contributed by atoms with Gasteiger partial charge in [-0.3, -0.25) is 14.6 Å². The molecular weight excluding hydrogens is 545 g/mol. The summed E-state index contributed by atoms with van der Waals surface area (Å²) in [6.45, 7) is 7.22. The molecule has 0 bridgehead atoms. The Morgan fingerprint density at radius 3 is 1.58 bits per heavy atom. The van der Waals surface area contributed by atoms with Crippen molar-refractivity contribution in [1.82, 2.24) is 9.97 Å². The van der Waals surface area contributed by atoms with Crippen LogP contribution in [0, 0.1) is 0 Å². The van der Waals surface area contributed by atoms with Crippen LogP contribution in [0.2, 0.25) is 15.2 Å². The van der Waals surface area contributed by atoms with Crippen molar-refractivity contribution in [2.24, 2.45) is 0 Å². The summed E-state index contributed by atoms with van der Waals surface area (Å²) in [6, 6.07) is 16.7. The van der Waals surface area contributed by atoms with E-state index in [2.05, 4.69) is 23.1 Å². The van der Waals surface area contributed by atoms with Gasteiger partial charge in [-0.25, -0.2) is 4.98 Å². The Morgan fingerprint density at radius 1 is 0.684 bits per heavy atom. The van der Waals surface area contributed by atoms with Crippen molar-refractivity contribution in [1.29, 1.82) is 0 Å². The zero-order chi connectivity index (χ0) is 28.1. The summed E-state index contributed by atoms with van der Waals surface area (Å²) in [5, 5.41) is 18.7. The molecule has 0 amide bonds. The maximum atomic E-state index is 10.6. The largest absolute Gasteiger partial charge is 0.488 e. The second-order valence-electron chi connectivity index (χ2n) is 7.45. The average molecular weight is 568 g/mol.